The van der Waals surface area contributed by atoms with Gasteiger partial charge in [0.15, 0.2) is 11.6 Å². The van der Waals surface area contributed by atoms with E-state index in [2.05, 4.69) is 18.2 Å². The molecule has 0 aliphatic carbocycles. The highest BCUT2D eigenvalue weighted by atomic mass is 32.1. The predicted octanol–water partition coefficient (Wildman–Crippen LogP) is 12.0. The molecule has 0 radical (unpaired) electrons. The number of thiophene rings is 1. The van der Waals surface area contributed by atoms with Gasteiger partial charge in [0, 0.05) is 42.1 Å². The molecule has 0 bridgehead atoms. The highest BCUT2D eigenvalue weighted by Crippen LogP contribution is 2.41. The van der Waals surface area contributed by atoms with Crippen LogP contribution in [0.2, 0.25) is 0 Å². The van der Waals surface area contributed by atoms with Gasteiger partial charge in [-0.05, 0) is 52.6 Å². The molecule has 0 aliphatic heterocycles. The van der Waals surface area contributed by atoms with E-state index in [1.54, 1.807) is 34.1 Å². The molecule has 0 unspecified atom stereocenters. The lowest BCUT2D eigenvalue weighted by Crippen LogP contribution is -2.06. The van der Waals surface area contributed by atoms with Crippen LogP contribution in [0, 0.1) is 0 Å². The summed E-state index contributed by atoms with van der Waals surface area (Å²) >= 11 is 1.66. The molecule has 5 heteroatoms. The number of rotatable bonds is 5. The van der Waals surface area contributed by atoms with Crippen molar-refractivity contribution < 1.29 is 12.3 Å². The summed E-state index contributed by atoms with van der Waals surface area (Å²) < 4.78 is 82.6. The Bertz CT molecular complexity index is 3370. The van der Waals surface area contributed by atoms with Gasteiger partial charge < -0.3 is 0 Å². The summed E-state index contributed by atoms with van der Waals surface area (Å²) in [5.74, 6) is 0.716. The van der Waals surface area contributed by atoms with Gasteiger partial charge in [-0.3, -0.25) is 4.57 Å². The molecule has 234 valence electrons. The molecule has 0 saturated heterocycles. The van der Waals surface area contributed by atoms with Crippen LogP contribution < -0.4 is 0 Å². The summed E-state index contributed by atoms with van der Waals surface area (Å²) in [6.45, 7) is 0. The van der Waals surface area contributed by atoms with Gasteiger partial charge in [-0.2, -0.15) is 9.97 Å². The second kappa shape index (κ2) is 11.6. The van der Waals surface area contributed by atoms with Crippen LogP contribution in [0.3, 0.4) is 0 Å². The number of para-hydroxylation sites is 1. The van der Waals surface area contributed by atoms with Crippen molar-refractivity contribution in [3.8, 4) is 51.0 Å². The van der Waals surface area contributed by atoms with E-state index in [4.69, 9.17) is 24.5 Å². The molecule has 10 rings (SSSR count). The van der Waals surface area contributed by atoms with Crippen molar-refractivity contribution in [1.82, 2.24) is 19.5 Å². The van der Waals surface area contributed by atoms with Gasteiger partial charge in [0.2, 0.25) is 5.95 Å². The third-order valence-corrected chi connectivity index (χ3v) is 10.0. The molecular weight excluding hydrogens is 629 g/mol. The fourth-order valence-corrected chi connectivity index (χ4v) is 7.84. The van der Waals surface area contributed by atoms with E-state index < -0.39 is 42.3 Å². The average molecular weight is 666 g/mol. The summed E-state index contributed by atoms with van der Waals surface area (Å²) in [4.78, 5) is 15.3. The van der Waals surface area contributed by atoms with E-state index in [-0.39, 0.29) is 45.4 Å². The Morgan fingerprint density at radius 1 is 0.460 bits per heavy atom. The van der Waals surface area contributed by atoms with Crippen LogP contribution in [0.15, 0.2) is 170 Å². The number of fused-ring (bicyclic) bond motifs is 6. The molecule has 0 fully saturated rings. The van der Waals surface area contributed by atoms with E-state index in [9.17, 15) is 2.74 Å². The molecule has 0 atom stereocenters. The minimum absolute atomic E-state index is 0.0612. The van der Waals surface area contributed by atoms with Gasteiger partial charge in [0.25, 0.3) is 0 Å². The number of aromatic nitrogens is 4. The van der Waals surface area contributed by atoms with Crippen molar-refractivity contribution in [3.05, 3.63) is 170 Å². The third-order valence-electron chi connectivity index (χ3n) is 8.89. The number of benzene rings is 7. The van der Waals surface area contributed by atoms with Gasteiger partial charge in [-0.1, -0.05) is 139 Å². The first-order chi connectivity index (χ1) is 28.5. The third kappa shape index (κ3) is 4.63. The highest BCUT2D eigenvalue weighted by molar-refractivity contribution is 7.25. The zero-order valence-electron chi connectivity index (χ0n) is 35.2. The zero-order valence-corrected chi connectivity index (χ0v) is 27.0. The highest BCUT2D eigenvalue weighted by Gasteiger charge is 2.21. The Labute approximate surface area is 305 Å². The summed E-state index contributed by atoms with van der Waals surface area (Å²) in [6, 6.07) is 32.7. The first-order valence-electron chi connectivity index (χ1n) is 20.5. The molecule has 0 N–H and O–H groups in total. The topological polar surface area (TPSA) is 43.6 Å². The molecule has 0 amide bonds. The molecule has 0 saturated carbocycles. The Morgan fingerprint density at radius 2 is 1.16 bits per heavy atom. The van der Waals surface area contributed by atoms with Gasteiger partial charge in [-0.15, -0.1) is 11.3 Å². The van der Waals surface area contributed by atoms with E-state index in [1.807, 2.05) is 78.9 Å². The molecule has 3 aromatic heterocycles. The van der Waals surface area contributed by atoms with Gasteiger partial charge >= 0.3 is 0 Å². The Morgan fingerprint density at radius 3 is 2.08 bits per heavy atom. The Kier molecular flexibility index (Phi) is 4.84. The molecule has 50 heavy (non-hydrogen) atoms. The van der Waals surface area contributed by atoms with Crippen LogP contribution in [0.4, 0.5) is 0 Å². The first kappa shape index (κ1) is 20.8. The molecule has 3 heterocycles. The van der Waals surface area contributed by atoms with Crippen molar-refractivity contribution in [2.24, 2.45) is 0 Å². The van der Waals surface area contributed by atoms with Crippen molar-refractivity contribution in [2.45, 2.75) is 0 Å². The lowest BCUT2D eigenvalue weighted by molar-refractivity contribution is 0.954. The summed E-state index contributed by atoms with van der Waals surface area (Å²) in [7, 11) is 0. The maximum Gasteiger partial charge on any atom is 0.238 e. The molecule has 0 spiro atoms. The van der Waals surface area contributed by atoms with Gasteiger partial charge in [-0.25, -0.2) is 4.98 Å². The monoisotopic (exact) mass is 665 g/mol. The maximum atomic E-state index is 9.30. The van der Waals surface area contributed by atoms with E-state index in [0.717, 1.165) is 36.9 Å². The number of hydrogen-bond acceptors (Lipinski definition) is 4. The second-order valence-corrected chi connectivity index (χ2v) is 12.8. The molecule has 7 aromatic carbocycles. The first-order valence-corrected chi connectivity index (χ1v) is 16.8. The standard InChI is InChI=1S/C45H28N4S/c1-3-14-29(15-4-1)31-18-11-19-32(28-31)43-46-44(36-23-13-27-40-42(36)35-21-8-10-26-39(35)50-40)48-45(47-43)49-37-24-9-7-20-34(37)41-33(22-12-25-38(41)49)30-16-5-2-6-17-30/h1-28H/i2D,5D,6D,7D,9D,16D,17D,20D,24D. The molecular formula is C45H28N4S. The van der Waals surface area contributed by atoms with Crippen LogP contribution in [0.1, 0.15) is 12.3 Å². The van der Waals surface area contributed by atoms with Crippen LogP contribution in [0.5, 0.6) is 0 Å². The van der Waals surface area contributed by atoms with E-state index in [1.165, 1.54) is 0 Å². The van der Waals surface area contributed by atoms with Crippen LogP contribution in [-0.2, 0) is 0 Å². The normalized spacial score (nSPS) is 14.1. The molecule has 0 aliphatic rings. The second-order valence-electron chi connectivity index (χ2n) is 11.8. The predicted molar refractivity (Wildman–Crippen MR) is 209 cm³/mol. The van der Waals surface area contributed by atoms with Crippen molar-refractivity contribution in [3.63, 3.8) is 0 Å². The fourth-order valence-electron chi connectivity index (χ4n) is 6.71. The van der Waals surface area contributed by atoms with Crippen molar-refractivity contribution >= 4 is 53.3 Å². The summed E-state index contributed by atoms with van der Waals surface area (Å²) in [6.07, 6.45) is 0. The van der Waals surface area contributed by atoms with E-state index in [0.29, 0.717) is 22.7 Å². The SMILES string of the molecule is [2H]c1c([2H])c([2H])c(-c2cccc3c2c2c([2H])c([2H])c([2H])c([2H])c2n3-c2nc(-c3cccc(-c4ccccc4)c3)nc(-c3cccc4sc5ccccc5c34)n2)c([2H])c1[2H]. The minimum Gasteiger partial charge on any atom is -0.278 e. The van der Waals surface area contributed by atoms with Crippen molar-refractivity contribution in [2.75, 3.05) is 0 Å². The average Bonchev–Trinajstić information content (AvgIpc) is 3.83. The smallest absolute Gasteiger partial charge is 0.238 e. The van der Waals surface area contributed by atoms with Crippen LogP contribution in [-0.4, -0.2) is 19.5 Å². The minimum atomic E-state index is -0.546. The molecule has 4 nitrogen and oxygen atoms in total. The summed E-state index contributed by atoms with van der Waals surface area (Å²) in [5.41, 5.74) is 3.87. The van der Waals surface area contributed by atoms with Crippen LogP contribution >= 0.6 is 11.3 Å². The summed E-state index contributed by atoms with van der Waals surface area (Å²) in [5, 5.41) is 2.34. The maximum absolute atomic E-state index is 9.30. The number of hydrogen-bond donors (Lipinski definition) is 0. The zero-order chi connectivity index (χ0) is 40.9. The molecule has 10 aromatic rings. The van der Waals surface area contributed by atoms with E-state index >= 15 is 0 Å². The fraction of sp³-hybridized carbons (Fsp3) is 0. The van der Waals surface area contributed by atoms with Crippen LogP contribution in [0.25, 0.3) is 93.0 Å². The number of nitrogens with zero attached hydrogens (tertiary/aromatic N) is 4. The van der Waals surface area contributed by atoms with Gasteiger partial charge in [0.1, 0.15) is 0 Å². The largest absolute Gasteiger partial charge is 0.278 e. The van der Waals surface area contributed by atoms with Gasteiger partial charge in [0.05, 0.1) is 23.4 Å². The quantitative estimate of drug-likeness (QED) is 0.184. The Balaban J connectivity index is 1.35. The van der Waals surface area contributed by atoms with Crippen molar-refractivity contribution in [1.29, 1.82) is 0 Å². The Hall–Kier alpha value is -6.43. The lowest BCUT2D eigenvalue weighted by Gasteiger charge is -2.12. The lowest BCUT2D eigenvalue weighted by atomic mass is 9.99.